The maximum Gasteiger partial charge on any atom is 0.276 e. The van der Waals surface area contributed by atoms with E-state index >= 15 is 0 Å². The van der Waals surface area contributed by atoms with Gasteiger partial charge in [0.25, 0.3) is 5.91 Å². The first-order valence-corrected chi connectivity index (χ1v) is 11.1. The van der Waals surface area contributed by atoms with Crippen LogP contribution in [0.15, 0.2) is 22.7 Å². The van der Waals surface area contributed by atoms with Crippen molar-refractivity contribution in [3.63, 3.8) is 0 Å². The maximum atomic E-state index is 13.3. The monoisotopic (exact) mass is 479 g/mol. The van der Waals surface area contributed by atoms with E-state index in [0.717, 1.165) is 17.0 Å². The van der Waals surface area contributed by atoms with Crippen molar-refractivity contribution in [2.75, 3.05) is 26.2 Å². The fourth-order valence-electron chi connectivity index (χ4n) is 3.87. The third-order valence-corrected chi connectivity index (χ3v) is 6.76. The Morgan fingerprint density at radius 2 is 1.84 bits per heavy atom. The Bertz CT molecular complexity index is 1150. The molecular formula is C22H24Cl2FN5O2. The van der Waals surface area contributed by atoms with Crippen LogP contribution in [0.5, 0.6) is 0 Å². The highest BCUT2D eigenvalue weighted by Gasteiger charge is 2.28. The van der Waals surface area contributed by atoms with E-state index in [0.29, 0.717) is 66.3 Å². The molecule has 0 unspecified atom stereocenters. The summed E-state index contributed by atoms with van der Waals surface area (Å²) >= 11 is 12.4. The summed E-state index contributed by atoms with van der Waals surface area (Å²) in [6.45, 7) is 8.95. The zero-order valence-electron chi connectivity index (χ0n) is 18.2. The third-order valence-electron chi connectivity index (χ3n) is 5.86. The fourth-order valence-corrected chi connectivity index (χ4v) is 4.24. The van der Waals surface area contributed by atoms with E-state index in [-0.39, 0.29) is 11.7 Å². The predicted molar refractivity (Wildman–Crippen MR) is 120 cm³/mol. The standard InChI is InChI=1S/C22H24Cl2FN5O2/c1-13-20(24)14(2)30(26-13)12-18-15(3)32-27-21(18)22(31)29-8-6-28(7-9-29)11-16-4-5-17(25)10-19(16)23/h4-5,10H,6-9,11-12H2,1-3H3. The Morgan fingerprint density at radius 1 is 1.12 bits per heavy atom. The zero-order valence-corrected chi connectivity index (χ0v) is 19.7. The van der Waals surface area contributed by atoms with Gasteiger partial charge >= 0.3 is 0 Å². The number of nitrogens with zero attached hydrogens (tertiary/aromatic N) is 5. The van der Waals surface area contributed by atoms with Gasteiger partial charge in [-0.3, -0.25) is 14.4 Å². The Labute approximate surface area is 195 Å². The topological polar surface area (TPSA) is 67.4 Å². The number of hydrogen-bond donors (Lipinski definition) is 0. The highest BCUT2D eigenvalue weighted by Crippen LogP contribution is 2.24. The molecule has 0 N–H and O–H groups in total. The normalized spacial score (nSPS) is 14.9. The van der Waals surface area contributed by atoms with Gasteiger partial charge in [-0.1, -0.05) is 34.4 Å². The van der Waals surface area contributed by atoms with E-state index in [1.54, 1.807) is 22.6 Å². The first-order chi connectivity index (χ1) is 15.2. The molecule has 1 aromatic carbocycles. The van der Waals surface area contributed by atoms with Gasteiger partial charge in [0.1, 0.15) is 11.6 Å². The molecule has 0 saturated carbocycles. The summed E-state index contributed by atoms with van der Waals surface area (Å²) < 4.78 is 20.4. The van der Waals surface area contributed by atoms with Gasteiger partial charge in [0.15, 0.2) is 5.69 Å². The number of carbonyl (C=O) groups excluding carboxylic acids is 1. The number of aromatic nitrogens is 3. The Morgan fingerprint density at radius 3 is 2.47 bits per heavy atom. The van der Waals surface area contributed by atoms with Crippen molar-refractivity contribution in [2.45, 2.75) is 33.9 Å². The first kappa shape index (κ1) is 22.8. The second-order valence-electron chi connectivity index (χ2n) is 8.01. The molecule has 2 aromatic heterocycles. The van der Waals surface area contributed by atoms with Crippen LogP contribution < -0.4 is 0 Å². The number of halogens is 3. The number of rotatable bonds is 5. The highest BCUT2D eigenvalue weighted by molar-refractivity contribution is 6.32. The van der Waals surface area contributed by atoms with E-state index in [1.165, 1.54) is 12.1 Å². The summed E-state index contributed by atoms with van der Waals surface area (Å²) in [6.07, 6.45) is 0. The van der Waals surface area contributed by atoms with Crippen molar-refractivity contribution < 1.29 is 13.7 Å². The summed E-state index contributed by atoms with van der Waals surface area (Å²) in [4.78, 5) is 17.2. The summed E-state index contributed by atoms with van der Waals surface area (Å²) in [6, 6.07) is 4.43. The molecule has 1 fully saturated rings. The lowest BCUT2D eigenvalue weighted by Gasteiger charge is -2.34. The largest absolute Gasteiger partial charge is 0.361 e. The van der Waals surface area contributed by atoms with Crippen LogP contribution in [0, 0.1) is 26.6 Å². The van der Waals surface area contributed by atoms with Crippen molar-refractivity contribution >= 4 is 29.1 Å². The number of aryl methyl sites for hydroxylation is 2. The lowest BCUT2D eigenvalue weighted by molar-refractivity contribution is 0.0617. The molecule has 1 aliphatic rings. The van der Waals surface area contributed by atoms with Gasteiger partial charge in [-0.25, -0.2) is 4.39 Å². The molecule has 10 heteroatoms. The molecule has 170 valence electrons. The molecule has 3 aromatic rings. The second kappa shape index (κ2) is 9.21. The van der Waals surface area contributed by atoms with Crippen molar-refractivity contribution in [3.8, 4) is 0 Å². The van der Waals surface area contributed by atoms with Gasteiger partial charge in [-0.2, -0.15) is 5.10 Å². The van der Waals surface area contributed by atoms with Crippen LogP contribution in [-0.2, 0) is 13.1 Å². The smallest absolute Gasteiger partial charge is 0.276 e. The summed E-state index contributed by atoms with van der Waals surface area (Å²) in [7, 11) is 0. The fraction of sp³-hybridized carbons (Fsp3) is 0.409. The summed E-state index contributed by atoms with van der Waals surface area (Å²) in [5.74, 6) is 0.0705. The lowest BCUT2D eigenvalue weighted by atomic mass is 10.1. The SMILES string of the molecule is Cc1nn(Cc2c(C(=O)N3CCN(Cc4ccc(F)cc4Cl)CC3)noc2C)c(C)c1Cl. The molecule has 0 bridgehead atoms. The minimum absolute atomic E-state index is 0.163. The van der Waals surface area contributed by atoms with Crippen molar-refractivity contribution in [3.05, 3.63) is 68.0 Å². The van der Waals surface area contributed by atoms with Gasteiger partial charge in [-0.05, 0) is 38.5 Å². The van der Waals surface area contributed by atoms with Gasteiger partial charge in [-0.15, -0.1) is 0 Å². The van der Waals surface area contributed by atoms with Crippen LogP contribution in [0.3, 0.4) is 0 Å². The van der Waals surface area contributed by atoms with E-state index in [2.05, 4.69) is 15.2 Å². The molecule has 7 nitrogen and oxygen atoms in total. The molecule has 0 spiro atoms. The van der Waals surface area contributed by atoms with Crippen LogP contribution in [0.25, 0.3) is 0 Å². The van der Waals surface area contributed by atoms with Crippen molar-refractivity contribution in [2.24, 2.45) is 0 Å². The van der Waals surface area contributed by atoms with Crippen LogP contribution in [0.1, 0.15) is 38.8 Å². The van der Waals surface area contributed by atoms with Crippen LogP contribution in [-0.4, -0.2) is 56.8 Å². The number of benzene rings is 1. The van der Waals surface area contributed by atoms with Gasteiger partial charge in [0.2, 0.25) is 0 Å². The molecular weight excluding hydrogens is 456 g/mol. The molecule has 4 rings (SSSR count). The molecule has 32 heavy (non-hydrogen) atoms. The molecule has 0 radical (unpaired) electrons. The molecule has 1 amide bonds. The highest BCUT2D eigenvalue weighted by atomic mass is 35.5. The average Bonchev–Trinajstić information content (AvgIpc) is 3.25. The van der Waals surface area contributed by atoms with Crippen molar-refractivity contribution in [1.82, 2.24) is 24.7 Å². The molecule has 3 heterocycles. The zero-order chi connectivity index (χ0) is 23.0. The van der Waals surface area contributed by atoms with Gasteiger partial charge in [0, 0.05) is 43.3 Å². The Balaban J connectivity index is 1.43. The molecule has 0 aliphatic carbocycles. The van der Waals surface area contributed by atoms with E-state index in [4.69, 9.17) is 27.7 Å². The third kappa shape index (κ3) is 4.53. The van der Waals surface area contributed by atoms with Crippen LogP contribution >= 0.6 is 23.2 Å². The van der Waals surface area contributed by atoms with E-state index in [1.807, 2.05) is 13.8 Å². The first-order valence-electron chi connectivity index (χ1n) is 10.3. The lowest BCUT2D eigenvalue weighted by Crippen LogP contribution is -2.48. The number of amides is 1. The molecule has 0 atom stereocenters. The predicted octanol–water partition coefficient (Wildman–Crippen LogP) is 4.25. The Hall–Kier alpha value is -2.42. The van der Waals surface area contributed by atoms with Crippen LogP contribution in [0.2, 0.25) is 10.0 Å². The summed E-state index contributed by atoms with van der Waals surface area (Å²) in [5.41, 5.74) is 3.45. The molecule has 1 aliphatic heterocycles. The van der Waals surface area contributed by atoms with Crippen molar-refractivity contribution in [1.29, 1.82) is 0 Å². The number of carbonyl (C=O) groups is 1. The summed E-state index contributed by atoms with van der Waals surface area (Å²) in [5, 5.41) is 9.52. The minimum atomic E-state index is -0.351. The molecule has 1 saturated heterocycles. The Kier molecular flexibility index (Phi) is 6.55. The number of piperazine rings is 1. The van der Waals surface area contributed by atoms with E-state index < -0.39 is 0 Å². The average molecular weight is 480 g/mol. The minimum Gasteiger partial charge on any atom is -0.361 e. The quantitative estimate of drug-likeness (QED) is 0.547. The van der Waals surface area contributed by atoms with Gasteiger partial charge in [0.05, 0.1) is 23.0 Å². The van der Waals surface area contributed by atoms with Gasteiger partial charge < -0.3 is 9.42 Å². The van der Waals surface area contributed by atoms with E-state index in [9.17, 15) is 9.18 Å². The van der Waals surface area contributed by atoms with Crippen LogP contribution in [0.4, 0.5) is 4.39 Å². The second-order valence-corrected chi connectivity index (χ2v) is 8.80. The maximum absolute atomic E-state index is 13.3. The number of hydrogen-bond acceptors (Lipinski definition) is 5.